The zero-order valence-electron chi connectivity index (χ0n) is 41.3. The molecule has 1 aliphatic carbocycles. The van der Waals surface area contributed by atoms with Gasteiger partial charge in [0.25, 0.3) is 15.9 Å². The van der Waals surface area contributed by atoms with E-state index in [0.29, 0.717) is 107 Å². The number of sulfonamides is 1. The molecule has 0 spiro atoms. The summed E-state index contributed by atoms with van der Waals surface area (Å²) in [6.07, 6.45) is 5.94. The number of aromatic amines is 1. The number of nitrogens with zero attached hydrogens (tertiary/aromatic N) is 5. The van der Waals surface area contributed by atoms with Crippen LogP contribution in [0, 0.1) is 15.5 Å². The first kappa shape index (κ1) is 50.7. The van der Waals surface area contributed by atoms with E-state index in [0.717, 1.165) is 48.4 Å². The zero-order valence-corrected chi connectivity index (χ0v) is 42.9. The van der Waals surface area contributed by atoms with Crippen LogP contribution in [0.25, 0.3) is 16.6 Å². The normalized spacial score (nSPS) is 23.0. The summed E-state index contributed by atoms with van der Waals surface area (Å²) in [6.45, 7) is 10.2. The number of piperazine rings is 1. The van der Waals surface area contributed by atoms with Gasteiger partial charge in [-0.25, -0.2) is 13.1 Å². The number of hydrogen-bond acceptors (Lipinski definition) is 15. The van der Waals surface area contributed by atoms with E-state index in [9.17, 15) is 23.3 Å². The van der Waals surface area contributed by atoms with Gasteiger partial charge >= 0.3 is 5.69 Å². The van der Waals surface area contributed by atoms with Crippen LogP contribution in [0.2, 0.25) is 5.02 Å². The zero-order chi connectivity index (χ0) is 50.9. The fraction of sp³-hybridized carbons (Fsp3) is 0.472. The molecule has 5 aromatic rings. The van der Waals surface area contributed by atoms with E-state index in [1.807, 2.05) is 41.3 Å². The number of aromatic nitrogens is 2. The SMILES string of the molecule is CO[C@@H]1CC[C@@H](COc2ccc(S(=O)(=O)NC(=O)c3ccc(N4CCN5CC6=C(c7ccc(Cl)cc7)CC(C)(C)C[C@H]6OCCCOC[C@@H]5C4)cc3N3CCCOc4nc5[nH]ccc5cc43)cc2[N+](=O)[O-])OC1. The number of fused-ring (bicyclic) bond motifs is 4. The van der Waals surface area contributed by atoms with Crippen LogP contribution in [0.3, 0.4) is 0 Å². The molecule has 73 heavy (non-hydrogen) atoms. The number of amides is 1. The van der Waals surface area contributed by atoms with Crippen molar-refractivity contribution in [3.05, 3.63) is 111 Å². The Labute approximate surface area is 430 Å². The molecule has 5 aliphatic rings. The van der Waals surface area contributed by atoms with Crippen molar-refractivity contribution in [2.24, 2.45) is 5.41 Å². The molecule has 3 aromatic carbocycles. The number of methoxy groups -OCH3 is 1. The van der Waals surface area contributed by atoms with Crippen molar-refractivity contribution in [2.75, 3.05) is 89.3 Å². The van der Waals surface area contributed by atoms with Gasteiger partial charge < -0.3 is 43.2 Å². The molecule has 2 aromatic heterocycles. The molecule has 388 valence electrons. The number of pyridine rings is 1. The van der Waals surface area contributed by atoms with Gasteiger partial charge in [0.1, 0.15) is 17.9 Å². The van der Waals surface area contributed by atoms with E-state index < -0.39 is 31.4 Å². The Morgan fingerprint density at radius 1 is 0.973 bits per heavy atom. The monoisotopic (exact) mass is 1040 g/mol. The standard InChI is InChI=1S/C53H62ClN7O11S/c1-53(2)27-43(34-6-8-36(54)9-7-34)44-30-59-20-19-58(29-38(59)31-68-21-5-23-69-49(44)28-53)37-10-14-42(45(25-37)60-18-4-22-70-52-47(60)24-35-16-17-55-50(35)56-52)51(62)57-73(65,66)41-13-15-48(46(26-41)61(63)64)72-33-40-12-11-39(67-3)32-71-40/h6-10,13-17,24-26,38-40,49H,4-5,11-12,18-23,27-33H2,1-3H3,(H,55,56)(H,57,62)/t38-,39+,40-,49+/m0/s1. The summed E-state index contributed by atoms with van der Waals surface area (Å²) in [4.78, 5) is 40.4. The molecule has 6 heterocycles. The number of nitro benzene ring substituents is 1. The minimum Gasteiger partial charge on any atom is -0.484 e. The number of nitro groups is 1. The van der Waals surface area contributed by atoms with E-state index in [1.54, 1.807) is 19.4 Å². The number of rotatable bonds is 11. The Balaban J connectivity index is 0.955. The van der Waals surface area contributed by atoms with Crippen molar-refractivity contribution in [1.29, 1.82) is 0 Å². The van der Waals surface area contributed by atoms with Gasteiger partial charge in [-0.05, 0) is 115 Å². The maximum absolute atomic E-state index is 14.6. The van der Waals surface area contributed by atoms with Gasteiger partial charge in [0, 0.05) is 81.4 Å². The lowest BCUT2D eigenvalue weighted by Gasteiger charge is -2.45. The number of hydrogen-bond donors (Lipinski definition) is 2. The summed E-state index contributed by atoms with van der Waals surface area (Å²) in [5, 5.41) is 13.8. The summed E-state index contributed by atoms with van der Waals surface area (Å²) in [7, 11) is -3.05. The van der Waals surface area contributed by atoms with Crippen LogP contribution in [0.15, 0.2) is 89.5 Å². The average molecular weight is 1040 g/mol. The topological polar surface area (TPSA) is 200 Å². The number of ether oxygens (including phenoxy) is 6. The van der Waals surface area contributed by atoms with E-state index in [-0.39, 0.29) is 47.7 Å². The number of halogens is 1. The van der Waals surface area contributed by atoms with Crippen molar-refractivity contribution in [3.63, 3.8) is 0 Å². The quantitative estimate of drug-likeness (QED) is 0.0945. The lowest BCUT2D eigenvalue weighted by Crippen LogP contribution is -2.56. The number of allylic oxidation sites excluding steroid dienone is 1. The Kier molecular flexibility index (Phi) is 15.0. The van der Waals surface area contributed by atoms with E-state index >= 15 is 0 Å². The molecule has 0 bridgehead atoms. The molecule has 4 atom stereocenters. The fourth-order valence-corrected chi connectivity index (χ4v) is 11.8. The van der Waals surface area contributed by atoms with Crippen molar-refractivity contribution >= 4 is 66.9 Å². The van der Waals surface area contributed by atoms with Crippen LogP contribution in [0.5, 0.6) is 11.6 Å². The van der Waals surface area contributed by atoms with E-state index in [1.165, 1.54) is 23.3 Å². The number of benzene rings is 3. The third kappa shape index (κ3) is 11.3. The highest BCUT2D eigenvalue weighted by molar-refractivity contribution is 7.90. The molecule has 1 amide bonds. The Morgan fingerprint density at radius 3 is 2.62 bits per heavy atom. The Bertz CT molecular complexity index is 2980. The number of carbonyl (C=O) groups is 1. The smallest absolute Gasteiger partial charge is 0.312 e. The van der Waals surface area contributed by atoms with Gasteiger partial charge in [-0.15, -0.1) is 0 Å². The Hall–Kier alpha value is -5.80. The van der Waals surface area contributed by atoms with Crippen LogP contribution in [0.4, 0.5) is 22.7 Å². The molecule has 18 nitrogen and oxygen atoms in total. The van der Waals surface area contributed by atoms with Crippen LogP contribution >= 0.6 is 11.6 Å². The molecular weight excluding hydrogens is 978 g/mol. The second-order valence-corrected chi connectivity index (χ2v) is 22.3. The highest BCUT2D eigenvalue weighted by Gasteiger charge is 2.39. The van der Waals surface area contributed by atoms with Crippen LogP contribution in [0.1, 0.15) is 68.3 Å². The molecular formula is C53H62ClN7O11S. The van der Waals surface area contributed by atoms with Crippen molar-refractivity contribution < 1.29 is 46.6 Å². The van der Waals surface area contributed by atoms with Crippen LogP contribution in [-0.2, 0) is 29.0 Å². The minimum absolute atomic E-state index is 0.00135. The largest absolute Gasteiger partial charge is 0.484 e. The maximum Gasteiger partial charge on any atom is 0.312 e. The van der Waals surface area contributed by atoms with Gasteiger partial charge in [0.2, 0.25) is 5.88 Å². The summed E-state index contributed by atoms with van der Waals surface area (Å²) >= 11 is 6.38. The molecule has 10 rings (SSSR count). The lowest BCUT2D eigenvalue weighted by molar-refractivity contribution is -0.386. The molecule has 0 radical (unpaired) electrons. The van der Waals surface area contributed by atoms with Gasteiger partial charge in [-0.2, -0.15) is 4.98 Å². The first-order chi connectivity index (χ1) is 35.2. The molecule has 0 unspecified atom stereocenters. The minimum atomic E-state index is -4.66. The first-order valence-corrected chi connectivity index (χ1v) is 26.9. The predicted molar refractivity (Wildman–Crippen MR) is 277 cm³/mol. The van der Waals surface area contributed by atoms with Gasteiger partial charge in [-0.3, -0.25) is 19.8 Å². The second kappa shape index (κ2) is 21.6. The first-order valence-electron chi connectivity index (χ1n) is 25.0. The van der Waals surface area contributed by atoms with Gasteiger partial charge in [0.15, 0.2) is 5.75 Å². The highest BCUT2D eigenvalue weighted by atomic mass is 35.5. The number of carbonyl (C=O) groups excluding carboxylic acids is 1. The molecule has 20 heteroatoms. The molecule has 2 N–H and O–H groups in total. The summed E-state index contributed by atoms with van der Waals surface area (Å²) in [6, 6.07) is 20.7. The third-order valence-corrected chi connectivity index (χ3v) is 16.2. The molecule has 3 saturated heterocycles. The number of H-pyrrole nitrogens is 1. The highest BCUT2D eigenvalue weighted by Crippen LogP contribution is 2.46. The molecule has 4 aliphatic heterocycles. The van der Waals surface area contributed by atoms with E-state index in [2.05, 4.69) is 45.5 Å². The van der Waals surface area contributed by atoms with Crippen molar-refractivity contribution in [2.45, 2.75) is 81.6 Å². The second-order valence-electron chi connectivity index (χ2n) is 20.2. The summed E-state index contributed by atoms with van der Waals surface area (Å²) in [5.41, 5.74) is 5.81. The average Bonchev–Trinajstić information content (AvgIpc) is 3.73. The fourth-order valence-electron chi connectivity index (χ4n) is 10.7. The van der Waals surface area contributed by atoms with Crippen LogP contribution < -0.4 is 24.0 Å². The van der Waals surface area contributed by atoms with Gasteiger partial charge in [0.05, 0.1) is 65.2 Å². The summed E-state index contributed by atoms with van der Waals surface area (Å²) in [5.74, 6) is -0.679. The summed E-state index contributed by atoms with van der Waals surface area (Å²) < 4.78 is 66.6. The van der Waals surface area contributed by atoms with Crippen molar-refractivity contribution in [1.82, 2.24) is 19.6 Å². The predicted octanol–water partition coefficient (Wildman–Crippen LogP) is 8.31. The van der Waals surface area contributed by atoms with Crippen LogP contribution in [-0.4, -0.2) is 138 Å². The van der Waals surface area contributed by atoms with E-state index in [4.69, 9.17) is 45.0 Å². The lowest BCUT2D eigenvalue weighted by atomic mass is 9.71. The number of nitrogens with one attached hydrogen (secondary N) is 2. The number of anilines is 3. The van der Waals surface area contributed by atoms with Crippen molar-refractivity contribution in [3.8, 4) is 11.6 Å². The molecule has 3 fully saturated rings. The maximum atomic E-state index is 14.6. The molecule has 0 saturated carbocycles. The van der Waals surface area contributed by atoms with Gasteiger partial charge in [-0.1, -0.05) is 37.6 Å². The Morgan fingerprint density at radius 2 is 1.82 bits per heavy atom. The third-order valence-electron chi connectivity index (χ3n) is 14.6.